The first-order valence-electron chi connectivity index (χ1n) is 7.59. The van der Waals surface area contributed by atoms with E-state index >= 15 is 0 Å². The van der Waals surface area contributed by atoms with E-state index in [-0.39, 0.29) is 5.48 Å². The normalized spacial score (nSPS) is 12.8. The van der Waals surface area contributed by atoms with E-state index in [4.69, 9.17) is 0 Å². The minimum atomic E-state index is -1.20. The van der Waals surface area contributed by atoms with Gasteiger partial charge < -0.3 is 10.5 Å². The summed E-state index contributed by atoms with van der Waals surface area (Å²) in [4.78, 5) is 7.68. The zero-order chi connectivity index (χ0) is 16.6. The molecule has 0 aliphatic carbocycles. The van der Waals surface area contributed by atoms with Crippen molar-refractivity contribution in [1.82, 2.24) is 14.5 Å². The molecule has 6 heteroatoms. The molecular weight excluding hydrogens is 322 g/mol. The summed E-state index contributed by atoms with van der Waals surface area (Å²) < 4.78 is 13.5. The maximum Gasteiger partial charge on any atom is 0.197 e. The predicted molar refractivity (Wildman–Crippen MR) is 98.9 cm³/mol. The van der Waals surface area contributed by atoms with Crippen molar-refractivity contribution >= 4 is 27.5 Å². The number of aryl methyl sites for hydroxylation is 1. The topological polar surface area (TPSA) is 75.8 Å². The average Bonchev–Trinajstić information content (AvgIpc) is 2.89. The Labute approximate surface area is 144 Å². The van der Waals surface area contributed by atoms with E-state index < -0.39 is 10.8 Å². The van der Waals surface area contributed by atoms with Gasteiger partial charge in [0.05, 0.1) is 48.7 Å². The smallest absolute Gasteiger partial charge is 0.197 e. The van der Waals surface area contributed by atoms with E-state index in [2.05, 4.69) is 37.2 Å². The van der Waals surface area contributed by atoms with Crippen LogP contribution >= 0.6 is 0 Å². The van der Waals surface area contributed by atoms with Gasteiger partial charge in [-0.1, -0.05) is 24.3 Å². The number of aromatic amines is 1. The number of hydrogen-bond donors (Lipinski definition) is 1. The number of rotatable bonds is 4. The molecule has 0 radical (unpaired) electrons. The third-order valence-corrected chi connectivity index (χ3v) is 5.03. The highest BCUT2D eigenvalue weighted by Crippen LogP contribution is 2.25. The van der Waals surface area contributed by atoms with Crippen molar-refractivity contribution in [1.29, 1.82) is 0 Å². The summed E-state index contributed by atoms with van der Waals surface area (Å²) in [6.45, 7) is 2.04. The quantitative estimate of drug-likeness (QED) is 0.738. The van der Waals surface area contributed by atoms with Crippen LogP contribution in [0.2, 0.25) is 0 Å². The molecule has 0 bridgehead atoms. The molecule has 128 valence electrons. The fourth-order valence-corrected chi connectivity index (χ4v) is 3.79. The van der Waals surface area contributed by atoms with E-state index in [0.717, 1.165) is 22.2 Å². The van der Waals surface area contributed by atoms with Gasteiger partial charge in [-0.2, -0.15) is 0 Å². The van der Waals surface area contributed by atoms with Gasteiger partial charge >= 0.3 is 0 Å². The largest absolute Gasteiger partial charge is 0.870 e. The molecule has 0 saturated heterocycles. The number of quaternary nitrogens is 1. The molecule has 0 aliphatic heterocycles. The summed E-state index contributed by atoms with van der Waals surface area (Å²) in [7, 11) is 5.15. The fourth-order valence-electron chi connectivity index (χ4n) is 2.70. The van der Waals surface area contributed by atoms with Crippen molar-refractivity contribution in [3.8, 4) is 0 Å². The van der Waals surface area contributed by atoms with Crippen LogP contribution in [-0.4, -0.2) is 40.8 Å². The van der Waals surface area contributed by atoms with Crippen LogP contribution in [0.3, 0.4) is 0 Å². The van der Waals surface area contributed by atoms with Crippen LogP contribution in [0.4, 0.5) is 5.69 Å². The molecule has 24 heavy (non-hydrogen) atoms. The monoisotopic (exact) mass is 345 g/mol. The standard InChI is InChI=1S/C18H22N3OS.H2O/c1-13-9-10-15-16(11-13)20-18(19-15)23(22)12-14-7-5-6-8-17(14)21(2,3)4;/h5-11H,12H2,1-4H3,(H,19,20);1H2/q+1;/p-1. The second kappa shape index (κ2) is 6.84. The summed E-state index contributed by atoms with van der Waals surface area (Å²) in [5.74, 6) is 0.463. The van der Waals surface area contributed by atoms with Crippen LogP contribution in [0, 0.1) is 6.92 Å². The lowest BCUT2D eigenvalue weighted by Crippen LogP contribution is -2.35. The van der Waals surface area contributed by atoms with E-state index in [1.54, 1.807) is 0 Å². The summed E-state index contributed by atoms with van der Waals surface area (Å²) in [6, 6.07) is 14.2. The minimum absolute atomic E-state index is 0. The molecule has 0 spiro atoms. The first-order chi connectivity index (χ1) is 10.8. The van der Waals surface area contributed by atoms with Gasteiger partial charge in [0.2, 0.25) is 0 Å². The molecule has 1 unspecified atom stereocenters. The maximum absolute atomic E-state index is 12.8. The van der Waals surface area contributed by atoms with Gasteiger partial charge in [0.15, 0.2) is 5.16 Å². The molecule has 5 nitrogen and oxygen atoms in total. The van der Waals surface area contributed by atoms with Gasteiger partial charge in [0.1, 0.15) is 5.69 Å². The molecule has 2 N–H and O–H groups in total. The SMILES string of the molecule is Cc1ccc2nc(S(=O)Cc3ccccc3[N+](C)(C)C)[nH]c2c1.[OH-]. The Balaban J connectivity index is 0.00000208. The number of H-pyrrole nitrogens is 1. The number of fused-ring (bicyclic) bond motifs is 1. The van der Waals surface area contributed by atoms with E-state index in [0.29, 0.717) is 15.4 Å². The van der Waals surface area contributed by atoms with Crippen molar-refractivity contribution in [3.05, 3.63) is 53.6 Å². The molecule has 0 aliphatic rings. The Hall–Kier alpha value is -2.02. The Morgan fingerprint density at radius 2 is 1.83 bits per heavy atom. The molecule has 0 amide bonds. The van der Waals surface area contributed by atoms with Crippen molar-refractivity contribution in [2.24, 2.45) is 0 Å². The predicted octanol–water partition coefficient (Wildman–Crippen LogP) is 3.20. The van der Waals surface area contributed by atoms with Crippen LogP contribution in [0.25, 0.3) is 11.0 Å². The number of aromatic nitrogens is 2. The zero-order valence-corrected chi connectivity index (χ0v) is 15.2. The highest BCUT2D eigenvalue weighted by atomic mass is 32.2. The van der Waals surface area contributed by atoms with Gasteiger partial charge in [-0.25, -0.2) is 4.98 Å². The van der Waals surface area contributed by atoms with E-state index in [1.165, 1.54) is 5.69 Å². The lowest BCUT2D eigenvalue weighted by atomic mass is 10.2. The Morgan fingerprint density at radius 1 is 1.12 bits per heavy atom. The molecule has 1 aromatic heterocycles. The number of imidazole rings is 1. The molecule has 1 heterocycles. The zero-order valence-electron chi connectivity index (χ0n) is 14.4. The number of hydrogen-bond acceptors (Lipinski definition) is 3. The van der Waals surface area contributed by atoms with Crippen LogP contribution in [0.15, 0.2) is 47.6 Å². The van der Waals surface area contributed by atoms with E-state index in [1.807, 2.05) is 43.3 Å². The highest BCUT2D eigenvalue weighted by molar-refractivity contribution is 7.84. The lowest BCUT2D eigenvalue weighted by Gasteiger charge is -2.25. The van der Waals surface area contributed by atoms with Crippen molar-refractivity contribution in [2.45, 2.75) is 17.8 Å². The molecule has 0 saturated carbocycles. The van der Waals surface area contributed by atoms with Crippen LogP contribution in [0.1, 0.15) is 11.1 Å². The van der Waals surface area contributed by atoms with Crippen molar-refractivity contribution < 1.29 is 9.69 Å². The highest BCUT2D eigenvalue weighted by Gasteiger charge is 2.20. The summed E-state index contributed by atoms with van der Waals surface area (Å²) in [5, 5.41) is 0.543. The maximum atomic E-state index is 12.8. The number of nitrogens with zero attached hydrogens (tertiary/aromatic N) is 2. The molecule has 3 rings (SSSR count). The van der Waals surface area contributed by atoms with Gasteiger partial charge in [0, 0.05) is 5.56 Å². The van der Waals surface area contributed by atoms with Crippen molar-refractivity contribution in [3.63, 3.8) is 0 Å². The molecule has 1 atom stereocenters. The summed E-state index contributed by atoms with van der Waals surface area (Å²) in [6.07, 6.45) is 0. The first-order valence-corrected chi connectivity index (χ1v) is 8.91. The summed E-state index contributed by atoms with van der Waals surface area (Å²) in [5.41, 5.74) is 5.23. The van der Waals surface area contributed by atoms with Crippen LogP contribution in [-0.2, 0) is 16.6 Å². The minimum Gasteiger partial charge on any atom is -0.870 e. The fraction of sp³-hybridized carbons (Fsp3) is 0.278. The average molecular weight is 345 g/mol. The third-order valence-electron chi connectivity index (χ3n) is 3.83. The second-order valence-corrected chi connectivity index (χ2v) is 8.06. The van der Waals surface area contributed by atoms with Gasteiger partial charge in [-0.15, -0.1) is 0 Å². The molecule has 2 aromatic carbocycles. The number of benzene rings is 2. The second-order valence-electron chi connectivity index (χ2n) is 6.69. The van der Waals surface area contributed by atoms with Gasteiger partial charge in [0.25, 0.3) is 0 Å². The van der Waals surface area contributed by atoms with Gasteiger partial charge in [-0.3, -0.25) is 8.69 Å². The van der Waals surface area contributed by atoms with Crippen molar-refractivity contribution in [2.75, 3.05) is 21.1 Å². The first kappa shape index (κ1) is 18.3. The van der Waals surface area contributed by atoms with Crippen LogP contribution in [0.5, 0.6) is 0 Å². The Kier molecular flexibility index (Phi) is 5.22. The third kappa shape index (κ3) is 3.72. The molecule has 0 fully saturated rings. The van der Waals surface area contributed by atoms with Crippen LogP contribution < -0.4 is 4.48 Å². The Morgan fingerprint density at radius 3 is 2.54 bits per heavy atom. The number of para-hydroxylation sites is 1. The Bertz CT molecular complexity index is 881. The summed E-state index contributed by atoms with van der Waals surface area (Å²) >= 11 is 0. The van der Waals surface area contributed by atoms with Gasteiger partial charge in [-0.05, 0) is 30.7 Å². The lowest BCUT2D eigenvalue weighted by molar-refractivity contribution is 0.483. The molecule has 3 aromatic rings. The number of nitrogens with one attached hydrogen (secondary N) is 1. The van der Waals surface area contributed by atoms with E-state index in [9.17, 15) is 4.21 Å². The molecular formula is C18H23N3O2S.